The minimum atomic E-state index is -3.28. The maximum absolute atomic E-state index is 13.1. The van der Waals surface area contributed by atoms with Crippen LogP contribution in [0.1, 0.15) is 53.4 Å². The lowest BCUT2D eigenvalue weighted by molar-refractivity contribution is -0.118. The van der Waals surface area contributed by atoms with E-state index in [0.717, 1.165) is 48.9 Å². The number of hydrogen-bond acceptors (Lipinski definition) is 4. The first kappa shape index (κ1) is 24.7. The molecule has 6 nitrogen and oxygen atoms in total. The van der Waals surface area contributed by atoms with Crippen molar-refractivity contribution in [1.82, 2.24) is 9.21 Å². The highest BCUT2D eigenvalue weighted by atomic mass is 79.9. The van der Waals surface area contributed by atoms with Gasteiger partial charge in [-0.3, -0.25) is 9.69 Å². The van der Waals surface area contributed by atoms with Gasteiger partial charge >= 0.3 is 0 Å². The van der Waals surface area contributed by atoms with E-state index in [1.54, 1.807) is 4.31 Å². The van der Waals surface area contributed by atoms with Crippen LogP contribution in [0.5, 0.6) is 0 Å². The van der Waals surface area contributed by atoms with Crippen LogP contribution in [-0.2, 0) is 14.8 Å². The largest absolute Gasteiger partial charge is 0.325 e. The van der Waals surface area contributed by atoms with Crippen molar-refractivity contribution >= 4 is 37.5 Å². The third-order valence-electron chi connectivity index (χ3n) is 6.71. The Hall–Kier alpha value is -0.960. The molecule has 1 spiro atoms. The molecule has 2 aliphatic heterocycles. The molecule has 2 saturated heterocycles. The summed E-state index contributed by atoms with van der Waals surface area (Å²) in [6.45, 7) is 10.7. The fourth-order valence-electron chi connectivity index (χ4n) is 4.81. The second kappa shape index (κ2) is 9.49. The van der Waals surface area contributed by atoms with Crippen LogP contribution in [0.3, 0.4) is 0 Å². The van der Waals surface area contributed by atoms with E-state index in [9.17, 15) is 13.2 Å². The first-order valence-electron chi connectivity index (χ1n) is 11.2. The number of nitrogens with one attached hydrogen (secondary N) is 1. The topological polar surface area (TPSA) is 69.7 Å². The average molecular weight is 515 g/mol. The summed E-state index contributed by atoms with van der Waals surface area (Å²) < 4.78 is 29.0. The molecule has 3 rings (SSSR count). The van der Waals surface area contributed by atoms with E-state index in [1.165, 1.54) is 0 Å². The summed E-state index contributed by atoms with van der Waals surface area (Å²) in [6.07, 6.45) is 3.80. The van der Waals surface area contributed by atoms with E-state index in [4.69, 9.17) is 0 Å². The van der Waals surface area contributed by atoms with Crippen LogP contribution in [0.25, 0.3) is 0 Å². The first-order chi connectivity index (χ1) is 14.4. The van der Waals surface area contributed by atoms with Crippen LogP contribution >= 0.6 is 15.9 Å². The normalized spacial score (nSPS) is 22.0. The molecule has 31 heavy (non-hydrogen) atoms. The Kier molecular flexibility index (Phi) is 7.56. The Morgan fingerprint density at radius 1 is 1.10 bits per heavy atom. The predicted molar refractivity (Wildman–Crippen MR) is 130 cm³/mol. The SMILES string of the molecule is CC(C)CS(=O)(=O)N1CC2(CCN(CC(=O)Nc3ccc(Br)cc3)CC2)CCC1(C)C. The monoisotopic (exact) mass is 513 g/mol. The van der Waals surface area contributed by atoms with Crippen LogP contribution < -0.4 is 5.32 Å². The molecule has 1 aromatic carbocycles. The number of anilines is 1. The summed E-state index contributed by atoms with van der Waals surface area (Å²) in [5.74, 6) is 0.309. The van der Waals surface area contributed by atoms with Crippen molar-refractivity contribution in [3.8, 4) is 0 Å². The molecular formula is C23H36BrN3O3S. The number of likely N-dealkylation sites (tertiary alicyclic amines) is 1. The van der Waals surface area contributed by atoms with Gasteiger partial charge in [0.05, 0.1) is 12.3 Å². The van der Waals surface area contributed by atoms with Gasteiger partial charge in [-0.2, -0.15) is 4.31 Å². The van der Waals surface area contributed by atoms with Crippen molar-refractivity contribution in [1.29, 1.82) is 0 Å². The van der Waals surface area contributed by atoms with E-state index in [0.29, 0.717) is 13.1 Å². The number of carbonyl (C=O) groups is 1. The second-order valence-corrected chi connectivity index (χ2v) is 13.2. The van der Waals surface area contributed by atoms with E-state index in [2.05, 4.69) is 40.0 Å². The van der Waals surface area contributed by atoms with Gasteiger partial charge in [-0.1, -0.05) is 29.8 Å². The van der Waals surface area contributed by atoms with Gasteiger partial charge in [0.15, 0.2) is 0 Å². The van der Waals surface area contributed by atoms with E-state index in [-0.39, 0.29) is 28.5 Å². The van der Waals surface area contributed by atoms with Gasteiger partial charge in [0.25, 0.3) is 0 Å². The van der Waals surface area contributed by atoms with Crippen molar-refractivity contribution in [3.63, 3.8) is 0 Å². The molecule has 2 heterocycles. The Morgan fingerprint density at radius 2 is 1.71 bits per heavy atom. The minimum Gasteiger partial charge on any atom is -0.325 e. The van der Waals surface area contributed by atoms with Crippen molar-refractivity contribution < 1.29 is 13.2 Å². The Labute approximate surface area is 195 Å². The molecule has 0 bridgehead atoms. The number of benzene rings is 1. The number of halogens is 1. The zero-order valence-corrected chi connectivity index (χ0v) is 21.6. The smallest absolute Gasteiger partial charge is 0.238 e. The summed E-state index contributed by atoms with van der Waals surface area (Å²) in [4.78, 5) is 14.6. The molecular weight excluding hydrogens is 478 g/mol. The number of nitrogens with zero attached hydrogens (tertiary/aromatic N) is 2. The molecule has 1 aromatic rings. The lowest BCUT2D eigenvalue weighted by atomic mass is 9.69. The van der Waals surface area contributed by atoms with Crippen LogP contribution in [0.4, 0.5) is 5.69 Å². The average Bonchev–Trinajstić information content (AvgIpc) is 2.66. The molecule has 2 aliphatic rings. The number of amides is 1. The van der Waals surface area contributed by atoms with Crippen LogP contribution in [0.2, 0.25) is 0 Å². The summed E-state index contributed by atoms with van der Waals surface area (Å²) in [5, 5.41) is 2.95. The van der Waals surface area contributed by atoms with Gasteiger partial charge in [-0.05, 0) is 88.2 Å². The third-order valence-corrected chi connectivity index (χ3v) is 9.62. The standard InChI is InChI=1S/C23H36BrN3O3S/c1-18(2)16-31(29,30)27-17-23(10-9-22(27,3)4)11-13-26(14-12-23)15-21(28)25-20-7-5-19(24)6-8-20/h5-8,18H,9-17H2,1-4H3,(H,25,28). The lowest BCUT2D eigenvalue weighted by Crippen LogP contribution is -2.59. The van der Waals surface area contributed by atoms with Crippen LogP contribution in [0.15, 0.2) is 28.7 Å². The van der Waals surface area contributed by atoms with Gasteiger partial charge in [0.2, 0.25) is 15.9 Å². The molecule has 0 aliphatic carbocycles. The van der Waals surface area contributed by atoms with Crippen molar-refractivity contribution in [2.24, 2.45) is 11.3 Å². The van der Waals surface area contributed by atoms with Crippen molar-refractivity contribution in [3.05, 3.63) is 28.7 Å². The molecule has 2 fully saturated rings. The highest BCUT2D eigenvalue weighted by molar-refractivity contribution is 9.10. The molecule has 0 unspecified atom stereocenters. The highest BCUT2D eigenvalue weighted by Gasteiger charge is 2.48. The zero-order chi connectivity index (χ0) is 22.9. The Bertz CT molecular complexity index is 876. The Balaban J connectivity index is 1.58. The van der Waals surface area contributed by atoms with E-state index >= 15 is 0 Å². The molecule has 174 valence electrons. The third kappa shape index (κ3) is 6.30. The molecule has 8 heteroatoms. The maximum Gasteiger partial charge on any atom is 0.238 e. The van der Waals surface area contributed by atoms with Gasteiger partial charge in [0.1, 0.15) is 0 Å². The molecule has 1 N–H and O–H groups in total. The molecule has 0 saturated carbocycles. The zero-order valence-electron chi connectivity index (χ0n) is 19.2. The number of rotatable bonds is 6. The summed E-state index contributed by atoms with van der Waals surface area (Å²) >= 11 is 3.40. The molecule has 0 aromatic heterocycles. The predicted octanol–water partition coefficient (Wildman–Crippen LogP) is 4.33. The fourth-order valence-corrected chi connectivity index (χ4v) is 7.41. The fraction of sp³-hybridized carbons (Fsp3) is 0.696. The highest BCUT2D eigenvalue weighted by Crippen LogP contribution is 2.46. The number of hydrogen-bond donors (Lipinski definition) is 1. The number of piperidine rings is 2. The number of sulfonamides is 1. The summed E-state index contributed by atoms with van der Waals surface area (Å²) in [7, 11) is -3.28. The van der Waals surface area contributed by atoms with Gasteiger partial charge in [-0.15, -0.1) is 0 Å². The minimum absolute atomic E-state index is 0.0100. The van der Waals surface area contributed by atoms with Gasteiger partial charge in [-0.25, -0.2) is 8.42 Å². The van der Waals surface area contributed by atoms with Crippen LogP contribution in [0, 0.1) is 11.3 Å². The van der Waals surface area contributed by atoms with Crippen LogP contribution in [-0.4, -0.2) is 61.0 Å². The first-order valence-corrected chi connectivity index (χ1v) is 13.6. The van der Waals surface area contributed by atoms with Gasteiger partial charge in [0, 0.05) is 22.2 Å². The van der Waals surface area contributed by atoms with Gasteiger partial charge < -0.3 is 5.32 Å². The number of carbonyl (C=O) groups excluding carboxylic acids is 1. The lowest BCUT2D eigenvalue weighted by Gasteiger charge is -2.53. The van der Waals surface area contributed by atoms with Crippen molar-refractivity contribution in [2.45, 2.75) is 58.9 Å². The Morgan fingerprint density at radius 3 is 2.29 bits per heavy atom. The molecule has 1 amide bonds. The molecule has 0 atom stereocenters. The van der Waals surface area contributed by atoms with Crippen molar-refractivity contribution in [2.75, 3.05) is 37.2 Å². The van der Waals surface area contributed by atoms with E-state index < -0.39 is 10.0 Å². The second-order valence-electron chi connectivity index (χ2n) is 10.3. The molecule has 0 radical (unpaired) electrons. The maximum atomic E-state index is 13.1. The van der Waals surface area contributed by atoms with E-state index in [1.807, 2.05) is 38.1 Å². The summed E-state index contributed by atoms with van der Waals surface area (Å²) in [6, 6.07) is 7.57. The summed E-state index contributed by atoms with van der Waals surface area (Å²) in [5.41, 5.74) is 0.487. The quantitative estimate of drug-likeness (QED) is 0.614.